The third kappa shape index (κ3) is 3.00. The van der Waals surface area contributed by atoms with Gasteiger partial charge in [0.25, 0.3) is 5.91 Å². The lowest BCUT2D eigenvalue weighted by Gasteiger charge is -2.21. The van der Waals surface area contributed by atoms with Gasteiger partial charge in [-0.2, -0.15) is 10.4 Å². The van der Waals surface area contributed by atoms with E-state index in [9.17, 15) is 9.59 Å². The van der Waals surface area contributed by atoms with E-state index in [4.69, 9.17) is 10.00 Å². The van der Waals surface area contributed by atoms with Crippen molar-refractivity contribution in [1.29, 1.82) is 5.26 Å². The lowest BCUT2D eigenvalue weighted by Crippen LogP contribution is -2.40. The van der Waals surface area contributed by atoms with Crippen LogP contribution >= 0.6 is 0 Å². The van der Waals surface area contributed by atoms with Crippen molar-refractivity contribution in [2.75, 3.05) is 7.11 Å². The van der Waals surface area contributed by atoms with Crippen LogP contribution in [-0.4, -0.2) is 30.3 Å². The van der Waals surface area contributed by atoms with Gasteiger partial charge in [-0.1, -0.05) is 24.3 Å². The number of ether oxygens (including phenoxy) is 1. The number of benzene rings is 2. The normalized spacial score (nSPS) is 19.5. The standard InChI is InChI=1S/C19H16N4O3/c1-19(15-7-9-16(26-2)10-8-15)17(24)23(18(25)22-19)21-12-14-5-3-13(11-20)4-6-14/h3-10,12H,1-2H3,(H,22,25)/b21-12+. The largest absolute Gasteiger partial charge is 0.497 e. The molecule has 2 aromatic rings. The molecule has 1 aliphatic heterocycles. The number of nitrogens with zero attached hydrogens (tertiary/aromatic N) is 3. The van der Waals surface area contributed by atoms with Gasteiger partial charge >= 0.3 is 6.03 Å². The number of nitrogens with one attached hydrogen (secondary N) is 1. The smallest absolute Gasteiger partial charge is 0.346 e. The van der Waals surface area contributed by atoms with Crippen LogP contribution < -0.4 is 10.1 Å². The highest BCUT2D eigenvalue weighted by Crippen LogP contribution is 2.30. The summed E-state index contributed by atoms with van der Waals surface area (Å²) in [5.74, 6) is 0.183. The average molecular weight is 348 g/mol. The molecular weight excluding hydrogens is 332 g/mol. The van der Waals surface area contributed by atoms with Crippen LogP contribution in [0.15, 0.2) is 53.6 Å². The molecule has 0 radical (unpaired) electrons. The zero-order valence-electron chi connectivity index (χ0n) is 14.3. The maximum absolute atomic E-state index is 12.8. The molecule has 3 rings (SSSR count). The first-order valence-corrected chi connectivity index (χ1v) is 7.83. The molecule has 0 spiro atoms. The number of hydrogen-bond acceptors (Lipinski definition) is 5. The van der Waals surface area contributed by atoms with Crippen LogP contribution in [-0.2, 0) is 10.3 Å². The molecule has 2 aromatic carbocycles. The van der Waals surface area contributed by atoms with E-state index in [2.05, 4.69) is 10.4 Å². The molecule has 0 aromatic heterocycles. The summed E-state index contributed by atoms with van der Waals surface area (Å²) in [7, 11) is 1.55. The Hall–Kier alpha value is -3.66. The van der Waals surface area contributed by atoms with Crippen LogP contribution in [0.4, 0.5) is 4.79 Å². The van der Waals surface area contributed by atoms with E-state index in [0.717, 1.165) is 5.01 Å². The van der Waals surface area contributed by atoms with Gasteiger partial charge in [0.2, 0.25) is 0 Å². The van der Waals surface area contributed by atoms with Crippen molar-refractivity contribution in [3.63, 3.8) is 0 Å². The Bertz CT molecular complexity index is 913. The van der Waals surface area contributed by atoms with Crippen molar-refractivity contribution in [3.05, 3.63) is 65.2 Å². The van der Waals surface area contributed by atoms with Crippen molar-refractivity contribution in [1.82, 2.24) is 10.3 Å². The highest BCUT2D eigenvalue weighted by Gasteiger charge is 2.49. The number of urea groups is 1. The molecule has 0 aliphatic carbocycles. The van der Waals surface area contributed by atoms with Gasteiger partial charge in [0, 0.05) is 0 Å². The fourth-order valence-corrected chi connectivity index (χ4v) is 2.62. The molecule has 1 saturated heterocycles. The summed E-state index contributed by atoms with van der Waals surface area (Å²) in [4.78, 5) is 25.0. The van der Waals surface area contributed by atoms with E-state index in [0.29, 0.717) is 22.4 Å². The second kappa shape index (κ2) is 6.69. The number of carbonyl (C=O) groups is 2. The molecule has 0 saturated carbocycles. The minimum absolute atomic E-state index is 0.474. The summed E-state index contributed by atoms with van der Waals surface area (Å²) in [6.45, 7) is 1.63. The summed E-state index contributed by atoms with van der Waals surface area (Å²) in [6, 6.07) is 15.0. The molecule has 7 nitrogen and oxygen atoms in total. The molecule has 1 fully saturated rings. The van der Waals surface area contributed by atoms with Gasteiger partial charge in [-0.05, 0) is 42.3 Å². The molecule has 1 unspecified atom stereocenters. The van der Waals surface area contributed by atoms with Gasteiger partial charge in [0.1, 0.15) is 11.3 Å². The van der Waals surface area contributed by atoms with E-state index in [-0.39, 0.29) is 0 Å². The maximum atomic E-state index is 12.8. The van der Waals surface area contributed by atoms with Crippen molar-refractivity contribution in [2.45, 2.75) is 12.5 Å². The number of carbonyl (C=O) groups excluding carboxylic acids is 2. The molecule has 7 heteroatoms. The molecule has 1 aliphatic rings. The summed E-state index contributed by atoms with van der Waals surface area (Å²) < 4.78 is 5.11. The summed E-state index contributed by atoms with van der Waals surface area (Å²) in [6.07, 6.45) is 1.40. The van der Waals surface area contributed by atoms with E-state index in [1.54, 1.807) is 62.6 Å². The molecule has 1 N–H and O–H groups in total. The Morgan fingerprint density at radius 1 is 1.15 bits per heavy atom. The van der Waals surface area contributed by atoms with Gasteiger partial charge in [-0.3, -0.25) is 4.79 Å². The zero-order chi connectivity index (χ0) is 18.7. The molecule has 0 bridgehead atoms. The molecule has 26 heavy (non-hydrogen) atoms. The number of methoxy groups -OCH3 is 1. The number of hydrazone groups is 1. The van der Waals surface area contributed by atoms with Crippen LogP contribution in [0.1, 0.15) is 23.6 Å². The predicted molar refractivity (Wildman–Crippen MR) is 94.5 cm³/mol. The Morgan fingerprint density at radius 3 is 2.38 bits per heavy atom. The van der Waals surface area contributed by atoms with E-state index >= 15 is 0 Å². The summed E-state index contributed by atoms with van der Waals surface area (Å²) in [5, 5.41) is 16.3. The van der Waals surface area contributed by atoms with Crippen LogP contribution in [0, 0.1) is 11.3 Å². The van der Waals surface area contributed by atoms with Crippen LogP contribution in [0.5, 0.6) is 5.75 Å². The predicted octanol–water partition coefficient (Wildman–Crippen LogP) is 2.37. The number of rotatable bonds is 4. The Labute approximate surface area is 150 Å². The first-order chi connectivity index (χ1) is 12.5. The van der Waals surface area contributed by atoms with Crippen LogP contribution in [0.2, 0.25) is 0 Å². The molecule has 130 valence electrons. The zero-order valence-corrected chi connectivity index (χ0v) is 14.3. The third-order valence-electron chi connectivity index (χ3n) is 4.20. The maximum Gasteiger partial charge on any atom is 0.346 e. The fraction of sp³-hybridized carbons (Fsp3) is 0.158. The minimum atomic E-state index is -1.20. The van der Waals surface area contributed by atoms with E-state index < -0.39 is 17.5 Å². The summed E-state index contributed by atoms with van der Waals surface area (Å²) in [5.41, 5.74) is 0.616. The van der Waals surface area contributed by atoms with E-state index in [1.165, 1.54) is 6.21 Å². The number of amides is 3. The molecular formula is C19H16N4O3. The second-order valence-electron chi connectivity index (χ2n) is 5.88. The SMILES string of the molecule is COc1ccc(C2(C)NC(=O)N(/N=C/c3ccc(C#N)cc3)C2=O)cc1. The van der Waals surface area contributed by atoms with Crippen molar-refractivity contribution < 1.29 is 14.3 Å². The number of hydrogen-bond donors (Lipinski definition) is 1. The number of nitriles is 1. The highest BCUT2D eigenvalue weighted by molar-refractivity contribution is 6.07. The Balaban J connectivity index is 1.83. The van der Waals surface area contributed by atoms with Crippen molar-refractivity contribution in [2.24, 2.45) is 5.10 Å². The number of imide groups is 1. The Kier molecular flexibility index (Phi) is 4.42. The van der Waals surface area contributed by atoms with Crippen LogP contribution in [0.25, 0.3) is 0 Å². The lowest BCUT2D eigenvalue weighted by atomic mass is 9.92. The monoisotopic (exact) mass is 348 g/mol. The lowest BCUT2D eigenvalue weighted by molar-refractivity contribution is -0.131. The van der Waals surface area contributed by atoms with Crippen molar-refractivity contribution in [3.8, 4) is 11.8 Å². The second-order valence-corrected chi connectivity index (χ2v) is 5.88. The summed E-state index contributed by atoms with van der Waals surface area (Å²) >= 11 is 0. The van der Waals surface area contributed by atoms with Crippen LogP contribution in [0.3, 0.4) is 0 Å². The topological polar surface area (TPSA) is 94.8 Å². The van der Waals surface area contributed by atoms with Crippen molar-refractivity contribution >= 4 is 18.2 Å². The first-order valence-electron chi connectivity index (χ1n) is 7.83. The molecule has 3 amide bonds. The van der Waals surface area contributed by atoms with Gasteiger partial charge in [0.05, 0.1) is 25.0 Å². The van der Waals surface area contributed by atoms with Gasteiger partial charge in [-0.25, -0.2) is 4.79 Å². The van der Waals surface area contributed by atoms with E-state index in [1.807, 2.05) is 6.07 Å². The quantitative estimate of drug-likeness (QED) is 0.678. The molecule has 1 atom stereocenters. The van der Waals surface area contributed by atoms with Gasteiger partial charge < -0.3 is 10.1 Å². The molecule has 1 heterocycles. The minimum Gasteiger partial charge on any atom is -0.497 e. The third-order valence-corrected chi connectivity index (χ3v) is 4.20. The highest BCUT2D eigenvalue weighted by atomic mass is 16.5. The van der Waals surface area contributed by atoms with Gasteiger partial charge in [0.15, 0.2) is 0 Å². The fourth-order valence-electron chi connectivity index (χ4n) is 2.62. The first kappa shape index (κ1) is 17.2. The average Bonchev–Trinajstić information content (AvgIpc) is 2.90. The van der Waals surface area contributed by atoms with Gasteiger partial charge in [-0.15, -0.1) is 5.01 Å². The Morgan fingerprint density at radius 2 is 1.81 bits per heavy atom.